The Kier molecular flexibility index (Phi) is 4.37. The standard InChI is InChI=1S/C14H23N3/c1-3-8-17-9-5-13(6-10-17)16-14-4-7-15-12(2)11-14/h4,7,11,13H,3,5-6,8-10H2,1-2H3,(H,15,16). The number of nitrogens with one attached hydrogen (secondary N) is 1. The molecule has 0 radical (unpaired) electrons. The highest BCUT2D eigenvalue weighted by Crippen LogP contribution is 2.16. The van der Waals surface area contributed by atoms with Crippen molar-refractivity contribution in [2.75, 3.05) is 25.0 Å². The van der Waals surface area contributed by atoms with Gasteiger partial charge in [-0.1, -0.05) is 6.92 Å². The largest absolute Gasteiger partial charge is 0.382 e. The molecule has 0 atom stereocenters. The van der Waals surface area contributed by atoms with Gasteiger partial charge in [-0.2, -0.15) is 0 Å². The fourth-order valence-corrected chi connectivity index (χ4v) is 2.49. The van der Waals surface area contributed by atoms with E-state index >= 15 is 0 Å². The highest BCUT2D eigenvalue weighted by atomic mass is 15.1. The van der Waals surface area contributed by atoms with Crippen LogP contribution in [-0.4, -0.2) is 35.6 Å². The fourth-order valence-electron chi connectivity index (χ4n) is 2.49. The number of pyridine rings is 1. The first-order valence-corrected chi connectivity index (χ1v) is 6.69. The zero-order chi connectivity index (χ0) is 12.1. The van der Waals surface area contributed by atoms with Crippen molar-refractivity contribution in [3.8, 4) is 0 Å². The van der Waals surface area contributed by atoms with Gasteiger partial charge < -0.3 is 10.2 Å². The van der Waals surface area contributed by atoms with Crippen LogP contribution in [0.3, 0.4) is 0 Å². The third-order valence-electron chi connectivity index (χ3n) is 3.39. The minimum Gasteiger partial charge on any atom is -0.382 e. The molecule has 17 heavy (non-hydrogen) atoms. The summed E-state index contributed by atoms with van der Waals surface area (Å²) in [7, 11) is 0. The number of hydrogen-bond donors (Lipinski definition) is 1. The van der Waals surface area contributed by atoms with E-state index in [1.807, 2.05) is 13.1 Å². The van der Waals surface area contributed by atoms with Crippen LogP contribution < -0.4 is 5.32 Å². The topological polar surface area (TPSA) is 28.2 Å². The summed E-state index contributed by atoms with van der Waals surface area (Å²) in [5.74, 6) is 0. The molecule has 1 fully saturated rings. The van der Waals surface area contributed by atoms with Gasteiger partial charge in [0.15, 0.2) is 0 Å². The molecule has 1 aromatic rings. The summed E-state index contributed by atoms with van der Waals surface area (Å²) in [5.41, 5.74) is 2.30. The average molecular weight is 233 g/mol. The van der Waals surface area contributed by atoms with Crippen LogP contribution in [0, 0.1) is 6.92 Å². The normalized spacial score (nSPS) is 18.2. The highest BCUT2D eigenvalue weighted by Gasteiger charge is 2.18. The Morgan fingerprint density at radius 3 is 2.82 bits per heavy atom. The molecule has 1 aromatic heterocycles. The van der Waals surface area contributed by atoms with Crippen LogP contribution in [0.4, 0.5) is 5.69 Å². The quantitative estimate of drug-likeness (QED) is 0.866. The molecule has 0 unspecified atom stereocenters. The molecule has 94 valence electrons. The number of aromatic nitrogens is 1. The molecule has 1 aliphatic heterocycles. The lowest BCUT2D eigenvalue weighted by Gasteiger charge is -2.32. The van der Waals surface area contributed by atoms with Crippen molar-refractivity contribution in [3.63, 3.8) is 0 Å². The van der Waals surface area contributed by atoms with Gasteiger partial charge in [0.1, 0.15) is 0 Å². The predicted molar refractivity (Wildman–Crippen MR) is 72.3 cm³/mol. The van der Waals surface area contributed by atoms with Crippen LogP contribution in [-0.2, 0) is 0 Å². The van der Waals surface area contributed by atoms with Crippen LogP contribution in [0.15, 0.2) is 18.3 Å². The van der Waals surface area contributed by atoms with E-state index in [0.29, 0.717) is 6.04 Å². The van der Waals surface area contributed by atoms with Gasteiger partial charge in [-0.05, 0) is 44.9 Å². The van der Waals surface area contributed by atoms with E-state index in [0.717, 1.165) is 5.69 Å². The molecule has 0 saturated carbocycles. The molecule has 0 aromatic carbocycles. The molecule has 2 heterocycles. The smallest absolute Gasteiger partial charge is 0.0393 e. The lowest BCUT2D eigenvalue weighted by Crippen LogP contribution is -2.39. The molecule has 1 aliphatic rings. The van der Waals surface area contributed by atoms with Gasteiger partial charge in [-0.25, -0.2) is 0 Å². The van der Waals surface area contributed by atoms with Crippen LogP contribution in [0.1, 0.15) is 31.9 Å². The monoisotopic (exact) mass is 233 g/mol. The van der Waals surface area contributed by atoms with Crippen molar-refractivity contribution in [1.29, 1.82) is 0 Å². The maximum absolute atomic E-state index is 4.22. The summed E-state index contributed by atoms with van der Waals surface area (Å²) in [4.78, 5) is 6.79. The third-order valence-corrected chi connectivity index (χ3v) is 3.39. The van der Waals surface area contributed by atoms with Gasteiger partial charge in [0, 0.05) is 36.7 Å². The Bertz CT molecular complexity index is 343. The molecule has 3 nitrogen and oxygen atoms in total. The van der Waals surface area contributed by atoms with Gasteiger partial charge in [-0.15, -0.1) is 0 Å². The number of aryl methyl sites for hydroxylation is 1. The molecule has 0 spiro atoms. The molecular weight excluding hydrogens is 210 g/mol. The summed E-state index contributed by atoms with van der Waals surface area (Å²) in [6.07, 6.45) is 5.65. The minimum atomic E-state index is 0.630. The van der Waals surface area contributed by atoms with E-state index in [4.69, 9.17) is 0 Å². The maximum Gasteiger partial charge on any atom is 0.0393 e. The number of piperidine rings is 1. The fraction of sp³-hybridized carbons (Fsp3) is 0.643. The molecular formula is C14H23N3. The summed E-state index contributed by atoms with van der Waals surface area (Å²) in [5, 5.41) is 3.62. The van der Waals surface area contributed by atoms with Crippen molar-refractivity contribution in [1.82, 2.24) is 9.88 Å². The van der Waals surface area contributed by atoms with Gasteiger partial charge in [0.05, 0.1) is 0 Å². The SMILES string of the molecule is CCCN1CCC(Nc2ccnc(C)c2)CC1. The highest BCUT2D eigenvalue weighted by molar-refractivity contribution is 5.43. The number of nitrogens with zero attached hydrogens (tertiary/aromatic N) is 2. The number of hydrogen-bond acceptors (Lipinski definition) is 3. The molecule has 3 heteroatoms. The first-order valence-electron chi connectivity index (χ1n) is 6.69. The Balaban J connectivity index is 1.82. The zero-order valence-electron chi connectivity index (χ0n) is 10.9. The van der Waals surface area contributed by atoms with Crippen LogP contribution in [0.5, 0.6) is 0 Å². The van der Waals surface area contributed by atoms with Gasteiger partial charge in [0.2, 0.25) is 0 Å². The second-order valence-electron chi connectivity index (χ2n) is 4.95. The van der Waals surface area contributed by atoms with Gasteiger partial charge in [0.25, 0.3) is 0 Å². The van der Waals surface area contributed by atoms with E-state index in [1.54, 1.807) is 0 Å². The Hall–Kier alpha value is -1.09. The lowest BCUT2D eigenvalue weighted by atomic mass is 10.0. The molecule has 2 rings (SSSR count). The van der Waals surface area contributed by atoms with Crippen molar-refractivity contribution in [2.24, 2.45) is 0 Å². The minimum absolute atomic E-state index is 0.630. The van der Waals surface area contributed by atoms with E-state index in [1.165, 1.54) is 44.6 Å². The molecule has 0 bridgehead atoms. The first kappa shape index (κ1) is 12.4. The molecule has 1 saturated heterocycles. The Morgan fingerprint density at radius 2 is 2.18 bits per heavy atom. The Morgan fingerprint density at radius 1 is 1.41 bits per heavy atom. The van der Waals surface area contributed by atoms with Crippen LogP contribution in [0.2, 0.25) is 0 Å². The van der Waals surface area contributed by atoms with Crippen molar-refractivity contribution >= 4 is 5.69 Å². The first-order chi connectivity index (χ1) is 8.28. The van der Waals surface area contributed by atoms with Gasteiger partial charge in [-0.3, -0.25) is 4.98 Å². The molecule has 0 amide bonds. The number of rotatable bonds is 4. The van der Waals surface area contributed by atoms with E-state index in [9.17, 15) is 0 Å². The van der Waals surface area contributed by atoms with Crippen LogP contribution >= 0.6 is 0 Å². The summed E-state index contributed by atoms with van der Waals surface area (Å²) >= 11 is 0. The summed E-state index contributed by atoms with van der Waals surface area (Å²) in [6, 6.07) is 4.81. The van der Waals surface area contributed by atoms with Crippen molar-refractivity contribution in [3.05, 3.63) is 24.0 Å². The Labute approximate surface area is 104 Å². The number of likely N-dealkylation sites (tertiary alicyclic amines) is 1. The second kappa shape index (κ2) is 6.01. The maximum atomic E-state index is 4.22. The third kappa shape index (κ3) is 3.70. The van der Waals surface area contributed by atoms with Gasteiger partial charge >= 0.3 is 0 Å². The zero-order valence-corrected chi connectivity index (χ0v) is 10.9. The van der Waals surface area contributed by atoms with E-state index in [-0.39, 0.29) is 0 Å². The van der Waals surface area contributed by atoms with E-state index < -0.39 is 0 Å². The summed E-state index contributed by atoms with van der Waals surface area (Å²) in [6.45, 7) is 8.01. The van der Waals surface area contributed by atoms with E-state index in [2.05, 4.69) is 34.3 Å². The second-order valence-corrected chi connectivity index (χ2v) is 4.95. The average Bonchev–Trinajstić information content (AvgIpc) is 2.32. The van der Waals surface area contributed by atoms with Crippen LogP contribution in [0.25, 0.3) is 0 Å². The molecule has 0 aliphatic carbocycles. The number of anilines is 1. The van der Waals surface area contributed by atoms with Crippen molar-refractivity contribution < 1.29 is 0 Å². The van der Waals surface area contributed by atoms with Crippen molar-refractivity contribution in [2.45, 2.75) is 39.2 Å². The summed E-state index contributed by atoms with van der Waals surface area (Å²) < 4.78 is 0. The molecule has 1 N–H and O–H groups in total. The lowest BCUT2D eigenvalue weighted by molar-refractivity contribution is 0.219. The predicted octanol–water partition coefficient (Wildman–Crippen LogP) is 2.68.